The summed E-state index contributed by atoms with van der Waals surface area (Å²) in [5, 5.41) is 12.2. The Labute approximate surface area is 188 Å². The highest BCUT2D eigenvalue weighted by Crippen LogP contribution is 2.30. The van der Waals surface area contributed by atoms with Gasteiger partial charge in [-0.2, -0.15) is 5.26 Å². The van der Waals surface area contributed by atoms with Gasteiger partial charge in [0, 0.05) is 5.56 Å². The molecule has 0 amide bonds. The molecule has 5 rings (SSSR count). The lowest BCUT2D eigenvalue weighted by Crippen LogP contribution is -2.09. The van der Waals surface area contributed by atoms with Gasteiger partial charge in [-0.05, 0) is 41.1 Å². The maximum Gasteiger partial charge on any atom is 0.344 e. The van der Waals surface area contributed by atoms with E-state index in [0.717, 1.165) is 21.0 Å². The van der Waals surface area contributed by atoms with Gasteiger partial charge in [0.1, 0.15) is 16.8 Å². The first kappa shape index (κ1) is 19.7. The topological polar surface area (TPSA) is 63.0 Å². The average Bonchev–Trinajstić information content (AvgIpc) is 3.27. The summed E-state index contributed by atoms with van der Waals surface area (Å²) in [4.78, 5) is 17.6. The number of ether oxygens (including phenoxy) is 1. The minimum atomic E-state index is -0.443. The van der Waals surface area contributed by atoms with Crippen molar-refractivity contribution >= 4 is 49.9 Å². The summed E-state index contributed by atoms with van der Waals surface area (Å²) < 4.78 is 6.78. The highest BCUT2D eigenvalue weighted by Gasteiger charge is 2.15. The van der Waals surface area contributed by atoms with E-state index in [2.05, 4.69) is 11.1 Å². The van der Waals surface area contributed by atoms with Crippen molar-refractivity contribution in [2.24, 2.45) is 0 Å². The molecule has 0 aliphatic carbocycles. The first-order chi connectivity index (χ1) is 15.7. The molecule has 0 atom stereocenters. The van der Waals surface area contributed by atoms with Crippen LogP contribution < -0.4 is 4.74 Å². The molecule has 0 aliphatic rings. The largest absolute Gasteiger partial charge is 0.422 e. The number of carbonyl (C=O) groups excluding carboxylic acids is 1. The van der Waals surface area contributed by atoms with Gasteiger partial charge in [0.15, 0.2) is 0 Å². The number of hydrogen-bond donors (Lipinski definition) is 0. The predicted octanol–water partition coefficient (Wildman–Crippen LogP) is 6.73. The van der Waals surface area contributed by atoms with Gasteiger partial charge < -0.3 is 4.74 Å². The highest BCUT2D eigenvalue weighted by atomic mass is 32.1. The van der Waals surface area contributed by atoms with Gasteiger partial charge in [-0.1, -0.05) is 66.7 Å². The van der Waals surface area contributed by atoms with E-state index in [1.807, 2.05) is 72.8 Å². The van der Waals surface area contributed by atoms with Crippen LogP contribution in [-0.4, -0.2) is 11.0 Å². The zero-order chi connectivity index (χ0) is 21.9. The number of esters is 1. The molecule has 0 saturated heterocycles. The zero-order valence-corrected chi connectivity index (χ0v) is 17.7. The van der Waals surface area contributed by atoms with Gasteiger partial charge in [-0.3, -0.25) is 0 Å². The summed E-state index contributed by atoms with van der Waals surface area (Å²) >= 11 is 1.46. The quantitative estimate of drug-likeness (QED) is 0.179. The zero-order valence-electron chi connectivity index (χ0n) is 16.9. The summed E-state index contributed by atoms with van der Waals surface area (Å²) in [5.41, 5.74) is 2.40. The molecule has 0 unspecified atom stereocenters. The Balaban J connectivity index is 1.51. The Morgan fingerprint density at radius 3 is 2.53 bits per heavy atom. The summed E-state index contributed by atoms with van der Waals surface area (Å²) in [5.74, 6) is -0.0551. The first-order valence-electron chi connectivity index (χ1n) is 9.99. The van der Waals surface area contributed by atoms with Crippen molar-refractivity contribution in [3.63, 3.8) is 0 Å². The third-order valence-electron chi connectivity index (χ3n) is 5.08. The van der Waals surface area contributed by atoms with Crippen molar-refractivity contribution in [2.45, 2.75) is 0 Å². The number of thiazole rings is 1. The Hall–Kier alpha value is -4.27. The third kappa shape index (κ3) is 3.76. The van der Waals surface area contributed by atoms with Gasteiger partial charge in [-0.25, -0.2) is 9.78 Å². The fourth-order valence-corrected chi connectivity index (χ4v) is 4.47. The number of hydrogen-bond acceptors (Lipinski definition) is 5. The number of aromatic nitrogens is 1. The molecular weight excluding hydrogens is 416 g/mol. The molecule has 0 spiro atoms. The average molecular weight is 433 g/mol. The van der Waals surface area contributed by atoms with E-state index >= 15 is 0 Å². The molecule has 0 fully saturated rings. The maximum atomic E-state index is 13.0. The predicted molar refractivity (Wildman–Crippen MR) is 128 cm³/mol. The lowest BCUT2D eigenvalue weighted by Gasteiger charge is -2.09. The second kappa shape index (κ2) is 8.46. The molecular formula is C27H16N2O2S. The molecule has 1 heterocycles. The minimum Gasteiger partial charge on any atom is -0.422 e. The summed E-state index contributed by atoms with van der Waals surface area (Å²) in [6, 6.07) is 30.4. The molecule has 5 aromatic rings. The number of fused-ring (bicyclic) bond motifs is 2. The SMILES string of the molecule is N#C/C(=C\c1ccccc1OC(=O)c1cccc2ccccc12)c1nc2ccccc2s1. The van der Waals surface area contributed by atoms with Crippen LogP contribution in [0.25, 0.3) is 32.6 Å². The van der Waals surface area contributed by atoms with Crippen molar-refractivity contribution in [1.29, 1.82) is 5.26 Å². The molecule has 32 heavy (non-hydrogen) atoms. The molecule has 0 aliphatic heterocycles. The van der Waals surface area contributed by atoms with Crippen molar-refractivity contribution in [2.75, 3.05) is 0 Å². The van der Waals surface area contributed by atoms with Crippen LogP contribution in [0, 0.1) is 11.3 Å². The van der Waals surface area contributed by atoms with E-state index < -0.39 is 5.97 Å². The minimum absolute atomic E-state index is 0.388. The molecule has 0 bridgehead atoms. The van der Waals surface area contributed by atoms with E-state index in [1.54, 1.807) is 24.3 Å². The van der Waals surface area contributed by atoms with Crippen molar-refractivity contribution in [3.8, 4) is 11.8 Å². The van der Waals surface area contributed by atoms with Crippen LogP contribution in [0.2, 0.25) is 0 Å². The standard InChI is InChI=1S/C27H16N2O2S/c28-17-20(26-29-23-13-4-6-15-25(23)32-26)16-19-9-2-5-14-24(19)31-27(30)22-12-7-10-18-8-1-3-11-21(18)22/h1-16H/b20-16+. The van der Waals surface area contributed by atoms with E-state index in [9.17, 15) is 10.1 Å². The summed E-state index contributed by atoms with van der Waals surface area (Å²) in [6.45, 7) is 0. The molecule has 1 aromatic heterocycles. The van der Waals surface area contributed by atoms with Crippen LogP contribution in [0.4, 0.5) is 0 Å². The van der Waals surface area contributed by atoms with Gasteiger partial charge >= 0.3 is 5.97 Å². The van der Waals surface area contributed by atoms with E-state index in [1.165, 1.54) is 11.3 Å². The van der Waals surface area contributed by atoms with Crippen LogP contribution in [-0.2, 0) is 0 Å². The second-order valence-corrected chi connectivity index (χ2v) is 8.14. The highest BCUT2D eigenvalue weighted by molar-refractivity contribution is 7.19. The number of benzene rings is 4. The maximum absolute atomic E-state index is 13.0. The van der Waals surface area contributed by atoms with Crippen molar-refractivity contribution in [1.82, 2.24) is 4.98 Å². The van der Waals surface area contributed by atoms with Gasteiger partial charge in [0.25, 0.3) is 0 Å². The lowest BCUT2D eigenvalue weighted by molar-refractivity contribution is 0.0736. The fourth-order valence-electron chi connectivity index (χ4n) is 3.54. The number of para-hydroxylation sites is 2. The monoisotopic (exact) mass is 432 g/mol. The number of carbonyl (C=O) groups is 1. The Kier molecular flexibility index (Phi) is 5.20. The van der Waals surface area contributed by atoms with Crippen LogP contribution >= 0.6 is 11.3 Å². The van der Waals surface area contributed by atoms with Crippen molar-refractivity contribution in [3.05, 3.63) is 107 Å². The van der Waals surface area contributed by atoms with Crippen LogP contribution in [0.5, 0.6) is 5.75 Å². The van der Waals surface area contributed by atoms with Gasteiger partial charge in [0.2, 0.25) is 0 Å². The Morgan fingerprint density at radius 1 is 0.906 bits per heavy atom. The molecule has 0 N–H and O–H groups in total. The van der Waals surface area contributed by atoms with Gasteiger partial charge in [0.05, 0.1) is 21.4 Å². The third-order valence-corrected chi connectivity index (χ3v) is 6.15. The molecule has 5 heteroatoms. The number of nitrogens with zero attached hydrogens (tertiary/aromatic N) is 2. The van der Waals surface area contributed by atoms with Crippen molar-refractivity contribution < 1.29 is 9.53 Å². The van der Waals surface area contributed by atoms with E-state index in [-0.39, 0.29) is 0 Å². The molecule has 0 radical (unpaired) electrons. The summed E-state index contributed by atoms with van der Waals surface area (Å²) in [7, 11) is 0. The smallest absolute Gasteiger partial charge is 0.344 e. The second-order valence-electron chi connectivity index (χ2n) is 7.11. The normalized spacial score (nSPS) is 11.4. The van der Waals surface area contributed by atoms with Crippen LogP contribution in [0.15, 0.2) is 91.0 Å². The fraction of sp³-hybridized carbons (Fsp3) is 0. The molecule has 0 saturated carbocycles. The van der Waals surface area contributed by atoms with E-state index in [0.29, 0.717) is 27.5 Å². The number of rotatable bonds is 4. The first-order valence-corrected chi connectivity index (χ1v) is 10.8. The Bertz CT molecular complexity index is 1500. The number of nitriles is 1. The Morgan fingerprint density at radius 2 is 1.66 bits per heavy atom. The lowest BCUT2D eigenvalue weighted by atomic mass is 10.0. The molecule has 4 aromatic carbocycles. The van der Waals surface area contributed by atoms with Crippen LogP contribution in [0.3, 0.4) is 0 Å². The molecule has 4 nitrogen and oxygen atoms in total. The molecule has 152 valence electrons. The number of allylic oxidation sites excluding steroid dienone is 1. The van der Waals surface area contributed by atoms with E-state index in [4.69, 9.17) is 4.74 Å². The summed E-state index contributed by atoms with van der Waals surface area (Å²) in [6.07, 6.45) is 1.71. The van der Waals surface area contributed by atoms with Crippen LogP contribution in [0.1, 0.15) is 20.9 Å². The van der Waals surface area contributed by atoms with Gasteiger partial charge in [-0.15, -0.1) is 11.3 Å².